The van der Waals surface area contributed by atoms with E-state index in [4.69, 9.17) is 0 Å². The second kappa shape index (κ2) is 8.30. The molecule has 0 bridgehead atoms. The standard InChI is InChI=1S/C17H19BrN2O3S/c1-24(22,23)20(16-10-6-5-9-15(16)18)13-17(21)19-12-11-14-7-3-2-4-8-14/h2-10H,11-13H2,1H3,(H,19,21). The van der Waals surface area contributed by atoms with Crippen LogP contribution in [-0.4, -0.2) is 33.7 Å². The molecule has 7 heteroatoms. The first-order valence-corrected chi connectivity index (χ1v) is 10.0. The maximum atomic E-state index is 12.1. The summed E-state index contributed by atoms with van der Waals surface area (Å²) in [6.07, 6.45) is 1.78. The minimum Gasteiger partial charge on any atom is -0.354 e. The fourth-order valence-electron chi connectivity index (χ4n) is 2.21. The lowest BCUT2D eigenvalue weighted by Gasteiger charge is -2.23. The number of para-hydroxylation sites is 1. The molecule has 0 unspecified atom stereocenters. The zero-order valence-electron chi connectivity index (χ0n) is 13.3. The monoisotopic (exact) mass is 410 g/mol. The van der Waals surface area contributed by atoms with Gasteiger partial charge in [0.25, 0.3) is 0 Å². The van der Waals surface area contributed by atoms with Crippen LogP contribution >= 0.6 is 15.9 Å². The maximum absolute atomic E-state index is 12.1. The van der Waals surface area contributed by atoms with Crippen molar-refractivity contribution in [3.8, 4) is 0 Å². The number of hydrogen-bond donors (Lipinski definition) is 1. The minimum atomic E-state index is -3.57. The first-order valence-electron chi connectivity index (χ1n) is 7.41. The number of sulfonamides is 1. The highest BCUT2D eigenvalue weighted by Crippen LogP contribution is 2.27. The molecule has 0 fully saturated rings. The van der Waals surface area contributed by atoms with E-state index in [1.54, 1.807) is 24.3 Å². The number of nitrogens with zero attached hydrogens (tertiary/aromatic N) is 1. The van der Waals surface area contributed by atoms with Crippen molar-refractivity contribution >= 4 is 37.5 Å². The topological polar surface area (TPSA) is 66.5 Å². The average molecular weight is 411 g/mol. The second-order valence-corrected chi connectivity index (χ2v) is 8.07. The van der Waals surface area contributed by atoms with Crippen molar-refractivity contribution in [1.29, 1.82) is 0 Å². The number of rotatable bonds is 7. The molecule has 2 aromatic carbocycles. The summed E-state index contributed by atoms with van der Waals surface area (Å²) in [5.74, 6) is -0.341. The summed E-state index contributed by atoms with van der Waals surface area (Å²) >= 11 is 3.32. The van der Waals surface area contributed by atoms with Gasteiger partial charge in [0.05, 0.1) is 11.9 Å². The van der Waals surface area contributed by atoms with E-state index in [0.29, 0.717) is 23.1 Å². The lowest BCUT2D eigenvalue weighted by atomic mass is 10.1. The summed E-state index contributed by atoms with van der Waals surface area (Å²) in [5, 5.41) is 2.76. The zero-order chi connectivity index (χ0) is 17.6. The number of carbonyl (C=O) groups is 1. The molecule has 0 spiro atoms. The van der Waals surface area contributed by atoms with Crippen LogP contribution in [0.15, 0.2) is 59.1 Å². The van der Waals surface area contributed by atoms with Gasteiger partial charge in [0.2, 0.25) is 15.9 Å². The normalized spacial score (nSPS) is 11.1. The largest absolute Gasteiger partial charge is 0.354 e. The van der Waals surface area contributed by atoms with E-state index in [1.807, 2.05) is 30.3 Å². The maximum Gasteiger partial charge on any atom is 0.240 e. The van der Waals surface area contributed by atoms with Crippen LogP contribution in [-0.2, 0) is 21.2 Å². The molecule has 2 rings (SSSR count). The first kappa shape index (κ1) is 18.5. The van der Waals surface area contributed by atoms with Crippen molar-refractivity contribution in [1.82, 2.24) is 5.32 Å². The van der Waals surface area contributed by atoms with E-state index < -0.39 is 10.0 Å². The molecular formula is C17H19BrN2O3S. The Balaban J connectivity index is 2.00. The van der Waals surface area contributed by atoms with Crippen LogP contribution in [0, 0.1) is 0 Å². The molecule has 0 aromatic heterocycles. The number of amides is 1. The van der Waals surface area contributed by atoms with Crippen LogP contribution in [0.4, 0.5) is 5.69 Å². The van der Waals surface area contributed by atoms with Gasteiger partial charge < -0.3 is 5.32 Å². The van der Waals surface area contributed by atoms with Crippen LogP contribution in [0.25, 0.3) is 0 Å². The molecule has 0 aliphatic heterocycles. The number of anilines is 1. The van der Waals surface area contributed by atoms with Gasteiger partial charge in [-0.3, -0.25) is 9.10 Å². The SMILES string of the molecule is CS(=O)(=O)N(CC(=O)NCCc1ccccc1)c1ccccc1Br. The van der Waals surface area contributed by atoms with Crippen LogP contribution in [0.3, 0.4) is 0 Å². The van der Waals surface area contributed by atoms with Crippen molar-refractivity contribution in [2.45, 2.75) is 6.42 Å². The molecule has 0 aliphatic rings. The van der Waals surface area contributed by atoms with E-state index in [-0.39, 0.29) is 12.5 Å². The molecule has 1 amide bonds. The summed E-state index contributed by atoms with van der Waals surface area (Å²) < 4.78 is 25.8. The van der Waals surface area contributed by atoms with Gasteiger partial charge >= 0.3 is 0 Å². The molecule has 0 atom stereocenters. The van der Waals surface area contributed by atoms with Gasteiger partial charge in [-0.2, -0.15) is 0 Å². The van der Waals surface area contributed by atoms with Gasteiger partial charge in [-0.25, -0.2) is 8.42 Å². The van der Waals surface area contributed by atoms with Crippen molar-refractivity contribution in [2.75, 3.05) is 23.7 Å². The Labute approximate surface area is 150 Å². The van der Waals surface area contributed by atoms with E-state index in [0.717, 1.165) is 16.1 Å². The highest BCUT2D eigenvalue weighted by Gasteiger charge is 2.22. The number of benzene rings is 2. The van der Waals surface area contributed by atoms with Gasteiger partial charge in [-0.05, 0) is 40.0 Å². The Bertz CT molecular complexity index is 794. The third kappa shape index (κ3) is 5.35. The fraction of sp³-hybridized carbons (Fsp3) is 0.235. The van der Waals surface area contributed by atoms with E-state index >= 15 is 0 Å². The van der Waals surface area contributed by atoms with E-state index in [2.05, 4.69) is 21.2 Å². The quantitative estimate of drug-likeness (QED) is 0.762. The highest BCUT2D eigenvalue weighted by atomic mass is 79.9. The van der Waals surface area contributed by atoms with Crippen LogP contribution in [0.5, 0.6) is 0 Å². The Morgan fingerprint density at radius 1 is 1.08 bits per heavy atom. The van der Waals surface area contributed by atoms with Crippen molar-refractivity contribution in [2.24, 2.45) is 0 Å². The second-order valence-electron chi connectivity index (χ2n) is 5.31. The Morgan fingerprint density at radius 2 is 1.71 bits per heavy atom. The summed E-state index contributed by atoms with van der Waals surface area (Å²) in [7, 11) is -3.57. The van der Waals surface area contributed by atoms with Crippen molar-refractivity contribution < 1.29 is 13.2 Å². The van der Waals surface area contributed by atoms with Crippen LogP contribution in [0.1, 0.15) is 5.56 Å². The lowest BCUT2D eigenvalue weighted by molar-refractivity contribution is -0.119. The molecule has 5 nitrogen and oxygen atoms in total. The fourth-order valence-corrected chi connectivity index (χ4v) is 3.70. The molecular weight excluding hydrogens is 392 g/mol. The Morgan fingerprint density at radius 3 is 2.33 bits per heavy atom. The average Bonchev–Trinajstić information content (AvgIpc) is 2.53. The third-order valence-electron chi connectivity index (χ3n) is 3.39. The third-order valence-corrected chi connectivity index (χ3v) is 5.18. The molecule has 0 radical (unpaired) electrons. The smallest absolute Gasteiger partial charge is 0.240 e. The van der Waals surface area contributed by atoms with Gasteiger partial charge in [0.15, 0.2) is 0 Å². The van der Waals surface area contributed by atoms with E-state index in [1.165, 1.54) is 0 Å². The van der Waals surface area contributed by atoms with Crippen molar-refractivity contribution in [3.05, 3.63) is 64.6 Å². The molecule has 0 saturated carbocycles. The molecule has 0 saturated heterocycles. The van der Waals surface area contributed by atoms with Gasteiger partial charge in [-0.15, -0.1) is 0 Å². The van der Waals surface area contributed by atoms with Gasteiger partial charge in [-0.1, -0.05) is 42.5 Å². The molecule has 24 heavy (non-hydrogen) atoms. The molecule has 0 heterocycles. The number of halogens is 1. The molecule has 2 aromatic rings. The first-order chi connectivity index (χ1) is 11.4. The lowest BCUT2D eigenvalue weighted by Crippen LogP contribution is -2.41. The summed E-state index contributed by atoms with van der Waals surface area (Å²) in [4.78, 5) is 12.1. The highest BCUT2D eigenvalue weighted by molar-refractivity contribution is 9.10. The molecule has 1 N–H and O–H groups in total. The summed E-state index contributed by atoms with van der Waals surface area (Å²) in [6, 6.07) is 16.7. The number of nitrogens with one attached hydrogen (secondary N) is 1. The van der Waals surface area contributed by atoms with Crippen LogP contribution < -0.4 is 9.62 Å². The van der Waals surface area contributed by atoms with Gasteiger partial charge in [0, 0.05) is 11.0 Å². The summed E-state index contributed by atoms with van der Waals surface area (Å²) in [5.41, 5.74) is 1.56. The van der Waals surface area contributed by atoms with Gasteiger partial charge in [0.1, 0.15) is 6.54 Å². The summed E-state index contributed by atoms with van der Waals surface area (Å²) in [6.45, 7) is 0.201. The molecule has 0 aliphatic carbocycles. The van der Waals surface area contributed by atoms with Crippen molar-refractivity contribution in [3.63, 3.8) is 0 Å². The van der Waals surface area contributed by atoms with Crippen LogP contribution in [0.2, 0.25) is 0 Å². The zero-order valence-corrected chi connectivity index (χ0v) is 15.7. The Hall–Kier alpha value is -1.86. The predicted molar refractivity (Wildman–Crippen MR) is 99.5 cm³/mol. The Kier molecular flexibility index (Phi) is 6.39. The van der Waals surface area contributed by atoms with E-state index in [9.17, 15) is 13.2 Å². The number of carbonyl (C=O) groups excluding carboxylic acids is 1. The predicted octanol–water partition coefficient (Wildman–Crippen LogP) is 2.57. The number of hydrogen-bond acceptors (Lipinski definition) is 3. The molecule has 128 valence electrons. The minimum absolute atomic E-state index is 0.254.